The summed E-state index contributed by atoms with van der Waals surface area (Å²) in [5, 5.41) is 15.2. The first kappa shape index (κ1) is 13.5. The number of amides is 1. The lowest BCUT2D eigenvalue weighted by atomic mass is 10.2. The maximum Gasteiger partial charge on any atom is 0.252 e. The molecule has 1 aromatic heterocycles. The van der Waals surface area contributed by atoms with E-state index in [9.17, 15) is 4.79 Å². The number of nitrogens with zero attached hydrogens (tertiary/aromatic N) is 4. The van der Waals surface area contributed by atoms with E-state index < -0.39 is 0 Å². The average Bonchev–Trinajstić information content (AvgIpc) is 2.93. The van der Waals surface area contributed by atoms with Gasteiger partial charge in [0.15, 0.2) is 0 Å². The van der Waals surface area contributed by atoms with Crippen LogP contribution in [0.2, 0.25) is 0 Å². The van der Waals surface area contributed by atoms with Gasteiger partial charge in [0, 0.05) is 6.54 Å². The van der Waals surface area contributed by atoms with Crippen molar-refractivity contribution < 1.29 is 9.53 Å². The van der Waals surface area contributed by atoms with E-state index in [1.165, 1.54) is 11.0 Å². The molecule has 0 aliphatic heterocycles. The Balaban J connectivity index is 1.84. The van der Waals surface area contributed by atoms with Crippen LogP contribution >= 0.6 is 0 Å². The first-order valence-electron chi connectivity index (χ1n) is 5.90. The molecule has 2 rings (SSSR count). The van der Waals surface area contributed by atoms with Crippen LogP contribution in [0.25, 0.3) is 0 Å². The standard InChI is InChI=1S/C13H13N5O2/c1-20-11-4-2-10(3-5-11)7-15-13(19)8-18-9-16-12(6-14)17-18/h2-5,9H,7-8H2,1H3,(H,15,19). The Hall–Kier alpha value is -2.88. The number of nitrogens with one attached hydrogen (secondary N) is 1. The third-order valence-electron chi connectivity index (χ3n) is 2.59. The highest BCUT2D eigenvalue weighted by molar-refractivity contribution is 5.75. The zero-order valence-corrected chi connectivity index (χ0v) is 10.9. The highest BCUT2D eigenvalue weighted by Crippen LogP contribution is 2.10. The van der Waals surface area contributed by atoms with Gasteiger partial charge in [-0.3, -0.25) is 4.79 Å². The van der Waals surface area contributed by atoms with E-state index in [1.807, 2.05) is 24.3 Å². The van der Waals surface area contributed by atoms with Crippen LogP contribution in [-0.4, -0.2) is 27.8 Å². The van der Waals surface area contributed by atoms with Crippen molar-refractivity contribution >= 4 is 5.91 Å². The molecule has 0 atom stereocenters. The van der Waals surface area contributed by atoms with E-state index in [0.717, 1.165) is 11.3 Å². The van der Waals surface area contributed by atoms with Gasteiger partial charge in [-0.05, 0) is 17.7 Å². The summed E-state index contributed by atoms with van der Waals surface area (Å²) in [6, 6.07) is 9.22. The molecule has 102 valence electrons. The molecular weight excluding hydrogens is 258 g/mol. The molecule has 0 radical (unpaired) electrons. The van der Waals surface area contributed by atoms with Gasteiger partial charge in [0.2, 0.25) is 5.91 Å². The number of aromatic nitrogens is 3. The zero-order valence-electron chi connectivity index (χ0n) is 10.9. The van der Waals surface area contributed by atoms with E-state index in [1.54, 1.807) is 13.2 Å². The van der Waals surface area contributed by atoms with Crippen molar-refractivity contribution in [3.63, 3.8) is 0 Å². The predicted octanol–water partition coefficient (Wildman–Crippen LogP) is 0.475. The number of ether oxygens (including phenoxy) is 1. The Bertz CT molecular complexity index is 627. The van der Waals surface area contributed by atoms with Gasteiger partial charge >= 0.3 is 0 Å². The van der Waals surface area contributed by atoms with Crippen LogP contribution in [0.3, 0.4) is 0 Å². The van der Waals surface area contributed by atoms with Crippen molar-refractivity contribution in [2.45, 2.75) is 13.1 Å². The molecular formula is C13H13N5O2. The van der Waals surface area contributed by atoms with Gasteiger partial charge < -0.3 is 10.1 Å². The Morgan fingerprint density at radius 3 is 2.80 bits per heavy atom. The predicted molar refractivity (Wildman–Crippen MR) is 69.6 cm³/mol. The molecule has 2 aromatic rings. The minimum atomic E-state index is -0.199. The molecule has 7 nitrogen and oxygen atoms in total. The molecule has 0 saturated carbocycles. The smallest absolute Gasteiger partial charge is 0.252 e. The van der Waals surface area contributed by atoms with Gasteiger partial charge in [0.1, 0.15) is 24.7 Å². The third kappa shape index (κ3) is 3.55. The van der Waals surface area contributed by atoms with Crippen molar-refractivity contribution in [3.8, 4) is 11.8 Å². The second-order valence-corrected chi connectivity index (χ2v) is 4.00. The number of methoxy groups -OCH3 is 1. The van der Waals surface area contributed by atoms with E-state index in [4.69, 9.17) is 10.00 Å². The lowest BCUT2D eigenvalue weighted by Gasteiger charge is -2.06. The van der Waals surface area contributed by atoms with Gasteiger partial charge in [-0.15, -0.1) is 5.10 Å². The van der Waals surface area contributed by atoms with Crippen molar-refractivity contribution in [2.24, 2.45) is 0 Å². The Morgan fingerprint density at radius 1 is 1.45 bits per heavy atom. The molecule has 20 heavy (non-hydrogen) atoms. The third-order valence-corrected chi connectivity index (χ3v) is 2.59. The fourth-order valence-electron chi connectivity index (χ4n) is 1.57. The molecule has 0 aliphatic rings. The number of carbonyl (C=O) groups is 1. The van der Waals surface area contributed by atoms with Crippen LogP contribution in [0.15, 0.2) is 30.6 Å². The molecule has 0 saturated heterocycles. The molecule has 0 fully saturated rings. The number of rotatable bonds is 5. The van der Waals surface area contributed by atoms with Crippen molar-refractivity contribution in [1.29, 1.82) is 5.26 Å². The summed E-state index contributed by atoms with van der Waals surface area (Å²) in [5.41, 5.74) is 0.968. The molecule has 0 unspecified atom stereocenters. The Labute approximate surface area is 115 Å². The quantitative estimate of drug-likeness (QED) is 0.853. The zero-order chi connectivity index (χ0) is 14.4. The number of hydrogen-bond donors (Lipinski definition) is 1. The summed E-state index contributed by atoms with van der Waals surface area (Å²) in [6.45, 7) is 0.452. The van der Waals surface area contributed by atoms with E-state index in [2.05, 4.69) is 15.4 Å². The lowest BCUT2D eigenvalue weighted by Crippen LogP contribution is -2.27. The average molecular weight is 271 g/mol. The summed E-state index contributed by atoms with van der Waals surface area (Å²) < 4.78 is 6.38. The maximum atomic E-state index is 11.7. The van der Waals surface area contributed by atoms with Crippen molar-refractivity contribution in [1.82, 2.24) is 20.1 Å². The van der Waals surface area contributed by atoms with Gasteiger partial charge in [-0.25, -0.2) is 9.67 Å². The van der Waals surface area contributed by atoms with Gasteiger partial charge in [-0.1, -0.05) is 12.1 Å². The van der Waals surface area contributed by atoms with E-state index >= 15 is 0 Å². The molecule has 0 bridgehead atoms. The minimum absolute atomic E-state index is 0.0326. The highest BCUT2D eigenvalue weighted by atomic mass is 16.5. The van der Waals surface area contributed by atoms with E-state index in [0.29, 0.717) is 6.54 Å². The highest BCUT2D eigenvalue weighted by Gasteiger charge is 2.05. The maximum absolute atomic E-state index is 11.7. The second kappa shape index (κ2) is 6.33. The molecule has 1 amide bonds. The second-order valence-electron chi connectivity index (χ2n) is 4.00. The molecule has 1 heterocycles. The number of hydrogen-bond acceptors (Lipinski definition) is 5. The van der Waals surface area contributed by atoms with Crippen LogP contribution in [0, 0.1) is 11.3 Å². The monoisotopic (exact) mass is 271 g/mol. The molecule has 7 heteroatoms. The van der Waals surface area contributed by atoms with Crippen molar-refractivity contribution in [2.75, 3.05) is 7.11 Å². The lowest BCUT2D eigenvalue weighted by molar-refractivity contribution is -0.122. The summed E-state index contributed by atoms with van der Waals surface area (Å²) in [5.74, 6) is 0.620. The SMILES string of the molecule is COc1ccc(CNC(=O)Cn2cnc(C#N)n2)cc1. The van der Waals surface area contributed by atoms with Gasteiger partial charge in [-0.2, -0.15) is 5.26 Å². The van der Waals surface area contributed by atoms with Crippen molar-refractivity contribution in [3.05, 3.63) is 42.0 Å². The van der Waals surface area contributed by atoms with Crippen LogP contribution < -0.4 is 10.1 Å². The molecule has 0 aliphatic carbocycles. The fraction of sp³-hybridized carbons (Fsp3) is 0.231. The van der Waals surface area contributed by atoms with Crippen LogP contribution in [0.4, 0.5) is 0 Å². The van der Waals surface area contributed by atoms with Crippen LogP contribution in [0.1, 0.15) is 11.4 Å². The number of benzene rings is 1. The minimum Gasteiger partial charge on any atom is -0.497 e. The van der Waals surface area contributed by atoms with Crippen LogP contribution in [-0.2, 0) is 17.9 Å². The fourth-order valence-corrected chi connectivity index (χ4v) is 1.57. The topological polar surface area (TPSA) is 92.8 Å². The largest absolute Gasteiger partial charge is 0.497 e. The number of carbonyl (C=O) groups excluding carboxylic acids is 1. The summed E-state index contributed by atoms with van der Waals surface area (Å²) in [6.07, 6.45) is 1.35. The molecule has 1 N–H and O–H groups in total. The Kier molecular flexibility index (Phi) is 4.29. The number of nitriles is 1. The van der Waals surface area contributed by atoms with Crippen LogP contribution in [0.5, 0.6) is 5.75 Å². The first-order valence-corrected chi connectivity index (χ1v) is 5.90. The summed E-state index contributed by atoms with van der Waals surface area (Å²) in [7, 11) is 1.60. The van der Waals surface area contributed by atoms with Gasteiger partial charge in [0.05, 0.1) is 7.11 Å². The van der Waals surface area contributed by atoms with Gasteiger partial charge in [0.25, 0.3) is 5.82 Å². The molecule has 0 spiro atoms. The Morgan fingerprint density at radius 2 is 2.20 bits per heavy atom. The summed E-state index contributed by atoms with van der Waals surface area (Å²) in [4.78, 5) is 15.4. The summed E-state index contributed by atoms with van der Waals surface area (Å²) >= 11 is 0. The molecule has 1 aromatic carbocycles. The first-order chi connectivity index (χ1) is 9.71. The van der Waals surface area contributed by atoms with E-state index in [-0.39, 0.29) is 18.3 Å². The normalized spacial score (nSPS) is 9.80.